The third-order valence-corrected chi connectivity index (χ3v) is 7.08. The number of carbonyl (C=O) groups is 1. The van der Waals surface area contributed by atoms with Crippen molar-refractivity contribution >= 4 is 22.4 Å². The summed E-state index contributed by atoms with van der Waals surface area (Å²) in [6.07, 6.45) is 8.26. The van der Waals surface area contributed by atoms with Gasteiger partial charge >= 0.3 is 0 Å². The number of quaternary nitrogens is 1. The molecule has 0 radical (unpaired) electrons. The van der Waals surface area contributed by atoms with Crippen LogP contribution in [0.15, 0.2) is 30.5 Å². The summed E-state index contributed by atoms with van der Waals surface area (Å²) >= 11 is 0. The van der Waals surface area contributed by atoms with Gasteiger partial charge in [0.1, 0.15) is 12.0 Å². The van der Waals surface area contributed by atoms with Gasteiger partial charge in [0.2, 0.25) is 5.91 Å². The third-order valence-electron chi connectivity index (χ3n) is 7.08. The second-order valence-corrected chi connectivity index (χ2v) is 8.74. The Morgan fingerprint density at radius 1 is 1.29 bits per heavy atom. The Hall–Kier alpha value is -2.15. The zero-order chi connectivity index (χ0) is 18.8. The van der Waals surface area contributed by atoms with Crippen LogP contribution in [-0.2, 0) is 16.0 Å². The van der Waals surface area contributed by atoms with E-state index in [4.69, 9.17) is 4.74 Å². The van der Waals surface area contributed by atoms with Crippen LogP contribution in [-0.4, -0.2) is 65.8 Å². The Bertz CT molecular complexity index is 968. The predicted octanol–water partition coefficient (Wildman–Crippen LogP) is 0.906. The summed E-state index contributed by atoms with van der Waals surface area (Å²) in [5.41, 5.74) is 5.22. The number of hydrogen-bond donors (Lipinski definition) is 2. The molecule has 0 saturated carbocycles. The minimum absolute atomic E-state index is 0.0764. The van der Waals surface area contributed by atoms with E-state index >= 15 is 0 Å². The van der Waals surface area contributed by atoms with Gasteiger partial charge < -0.3 is 15.0 Å². The smallest absolute Gasteiger partial charge is 0.249 e. The van der Waals surface area contributed by atoms with E-state index in [0.29, 0.717) is 6.04 Å². The molecule has 4 atom stereocenters. The lowest BCUT2D eigenvalue weighted by Gasteiger charge is -2.39. The number of nitrogens with two attached hydrogens (primary N) is 1. The first-order valence-electron chi connectivity index (χ1n) is 10.5. The van der Waals surface area contributed by atoms with Gasteiger partial charge in [0.25, 0.3) is 0 Å². The van der Waals surface area contributed by atoms with E-state index in [9.17, 15) is 4.79 Å². The van der Waals surface area contributed by atoms with Crippen molar-refractivity contribution in [3.05, 3.63) is 41.6 Å². The summed E-state index contributed by atoms with van der Waals surface area (Å²) in [4.78, 5) is 16.7. The second-order valence-electron chi connectivity index (χ2n) is 8.74. The van der Waals surface area contributed by atoms with E-state index in [2.05, 4.69) is 45.8 Å². The molecular weight excluding hydrogens is 352 g/mol. The maximum absolute atomic E-state index is 13.3. The first kappa shape index (κ1) is 16.8. The van der Waals surface area contributed by atoms with Crippen molar-refractivity contribution in [3.8, 4) is 0 Å². The molecule has 3 aliphatic heterocycles. The number of H-pyrrole nitrogens is 1. The average molecular weight is 379 g/mol. The largest absolute Gasteiger partial charge is 0.372 e. The minimum Gasteiger partial charge on any atom is -0.372 e. The third kappa shape index (κ3) is 2.48. The van der Waals surface area contributed by atoms with Crippen LogP contribution in [0.25, 0.3) is 16.5 Å². The monoisotopic (exact) mass is 379 g/mol. The van der Waals surface area contributed by atoms with Gasteiger partial charge in [0.05, 0.1) is 18.8 Å². The Labute approximate surface area is 164 Å². The van der Waals surface area contributed by atoms with E-state index in [1.165, 1.54) is 27.6 Å². The molecule has 6 heteroatoms. The average Bonchev–Trinajstić information content (AvgIpc) is 3.30. The number of nitrogens with one attached hydrogen (secondary N) is 1. The zero-order valence-corrected chi connectivity index (χ0v) is 16.2. The molecule has 2 fully saturated rings. The lowest BCUT2D eigenvalue weighted by Crippen LogP contribution is -2.93. The highest BCUT2D eigenvalue weighted by Gasteiger charge is 2.40. The molecule has 28 heavy (non-hydrogen) atoms. The molecule has 0 spiro atoms. The van der Waals surface area contributed by atoms with E-state index in [1.54, 1.807) is 0 Å². The zero-order valence-electron chi connectivity index (χ0n) is 16.2. The molecule has 1 aliphatic carbocycles. The fourth-order valence-corrected chi connectivity index (χ4v) is 5.61. The van der Waals surface area contributed by atoms with Gasteiger partial charge in [-0.2, -0.15) is 0 Å². The number of carbonyl (C=O) groups excluding carboxylic acids is 1. The van der Waals surface area contributed by atoms with Gasteiger partial charge in [-0.25, -0.2) is 5.01 Å². The number of benzene rings is 1. The summed E-state index contributed by atoms with van der Waals surface area (Å²) in [6, 6.07) is 6.88. The maximum Gasteiger partial charge on any atom is 0.249 e. The number of hydrogen-bond acceptors (Lipinski definition) is 3. The van der Waals surface area contributed by atoms with Crippen LogP contribution < -0.4 is 5.32 Å². The van der Waals surface area contributed by atoms with E-state index in [-0.39, 0.29) is 24.0 Å². The number of hydrazine groups is 1. The SMILES string of the molecule is CN(C(=O)[C@@H]1C=C2c3cccc4[nH]cc(c34)C[C@H]2[NH2+]C1)N1CC2CCC(C1)O2. The molecule has 6 rings (SSSR count). The Kier molecular flexibility index (Phi) is 3.70. The molecule has 1 aromatic carbocycles. The minimum atomic E-state index is -0.0764. The fourth-order valence-electron chi connectivity index (χ4n) is 5.61. The standard InChI is InChI=1S/C22H26N4O2/c1-25(26-11-15-5-6-16(12-26)28-15)22(27)14-7-18-17-3-2-4-19-21(17)13(9-23-19)8-20(18)24-10-14/h2-4,7,9,14-16,20,23-24H,5-6,8,10-12H2,1H3/p+1/t14-,15?,16?,20-/m1/s1. The van der Waals surface area contributed by atoms with Crippen LogP contribution in [0.3, 0.4) is 0 Å². The Morgan fingerprint density at radius 2 is 2.11 bits per heavy atom. The van der Waals surface area contributed by atoms with E-state index in [0.717, 1.165) is 38.9 Å². The lowest BCUT2D eigenvalue weighted by atomic mass is 9.80. The van der Waals surface area contributed by atoms with Crippen molar-refractivity contribution in [2.75, 3.05) is 26.7 Å². The van der Waals surface area contributed by atoms with Crippen molar-refractivity contribution in [1.29, 1.82) is 0 Å². The summed E-state index contributed by atoms with van der Waals surface area (Å²) in [6.45, 7) is 2.49. The highest BCUT2D eigenvalue weighted by molar-refractivity contribution is 5.98. The van der Waals surface area contributed by atoms with Crippen molar-refractivity contribution < 1.29 is 14.8 Å². The van der Waals surface area contributed by atoms with Crippen LogP contribution >= 0.6 is 0 Å². The molecule has 1 amide bonds. The van der Waals surface area contributed by atoms with Crippen molar-refractivity contribution in [2.45, 2.75) is 37.5 Å². The van der Waals surface area contributed by atoms with Gasteiger partial charge in [0.15, 0.2) is 0 Å². The molecule has 2 saturated heterocycles. The van der Waals surface area contributed by atoms with Crippen molar-refractivity contribution in [3.63, 3.8) is 0 Å². The van der Waals surface area contributed by atoms with Crippen LogP contribution in [0.4, 0.5) is 0 Å². The number of amides is 1. The second kappa shape index (κ2) is 6.17. The molecule has 1 aromatic heterocycles. The van der Waals surface area contributed by atoms with Crippen LogP contribution in [0.1, 0.15) is 24.0 Å². The number of rotatable bonds is 2. The summed E-state index contributed by atoms with van der Waals surface area (Å²) in [5, 5.41) is 7.77. The first-order valence-corrected chi connectivity index (χ1v) is 10.5. The highest BCUT2D eigenvalue weighted by Crippen LogP contribution is 2.37. The quantitative estimate of drug-likeness (QED) is 0.815. The van der Waals surface area contributed by atoms with Crippen LogP contribution in [0.2, 0.25) is 0 Å². The predicted molar refractivity (Wildman–Crippen MR) is 106 cm³/mol. The molecule has 4 aliphatic rings. The summed E-state index contributed by atoms with van der Waals surface area (Å²) in [7, 11) is 1.93. The van der Waals surface area contributed by atoms with Gasteiger partial charge in [-0.3, -0.25) is 9.80 Å². The fraction of sp³-hybridized carbons (Fsp3) is 0.500. The molecule has 146 valence electrons. The van der Waals surface area contributed by atoms with Crippen molar-refractivity contribution in [1.82, 2.24) is 15.0 Å². The maximum atomic E-state index is 13.3. The number of nitrogens with zero attached hydrogens (tertiary/aromatic N) is 2. The molecule has 2 bridgehead atoms. The van der Waals surface area contributed by atoms with Gasteiger partial charge in [-0.05, 0) is 30.0 Å². The summed E-state index contributed by atoms with van der Waals surface area (Å²) < 4.78 is 5.93. The molecule has 4 heterocycles. The van der Waals surface area contributed by atoms with Gasteiger partial charge in [-0.1, -0.05) is 18.2 Å². The van der Waals surface area contributed by atoms with E-state index in [1.807, 2.05) is 12.1 Å². The number of aromatic amines is 1. The normalized spacial score (nSPS) is 31.5. The topological polar surface area (TPSA) is 65.2 Å². The number of aromatic nitrogens is 1. The number of morpholine rings is 1. The molecule has 6 nitrogen and oxygen atoms in total. The Morgan fingerprint density at radius 3 is 2.93 bits per heavy atom. The molecule has 2 aromatic rings. The number of fused-ring (bicyclic) bond motifs is 4. The molecular formula is C22H27N4O2+. The van der Waals surface area contributed by atoms with Gasteiger partial charge in [-0.15, -0.1) is 0 Å². The molecule has 3 N–H and O–H groups in total. The van der Waals surface area contributed by atoms with E-state index < -0.39 is 0 Å². The number of ether oxygens (including phenoxy) is 1. The lowest BCUT2D eigenvalue weighted by molar-refractivity contribution is -0.681. The first-order chi connectivity index (χ1) is 13.7. The molecule has 2 unspecified atom stereocenters. The van der Waals surface area contributed by atoms with Crippen LogP contribution in [0, 0.1) is 5.92 Å². The van der Waals surface area contributed by atoms with Gasteiger partial charge in [0, 0.05) is 49.2 Å². The Balaban J connectivity index is 1.29. The van der Waals surface area contributed by atoms with Crippen molar-refractivity contribution in [2.24, 2.45) is 5.92 Å². The summed E-state index contributed by atoms with van der Waals surface area (Å²) in [5.74, 6) is 0.128. The highest BCUT2D eigenvalue weighted by atomic mass is 16.5. The van der Waals surface area contributed by atoms with Crippen LogP contribution in [0.5, 0.6) is 0 Å².